The molecule has 0 radical (unpaired) electrons. The maximum atomic E-state index is 11.6. The van der Waals surface area contributed by atoms with E-state index < -0.39 is 5.97 Å². The molecule has 0 fully saturated rings. The molecule has 2 aromatic rings. The van der Waals surface area contributed by atoms with Gasteiger partial charge in [0.2, 0.25) is 0 Å². The SMILES string of the molecule is COC(=O)/C(C#N)=C/c1cc(Br)ccc1OCc1ccccc1. The lowest BCUT2D eigenvalue weighted by atomic mass is 10.1. The summed E-state index contributed by atoms with van der Waals surface area (Å²) in [7, 11) is 1.24. The van der Waals surface area contributed by atoms with E-state index in [1.54, 1.807) is 12.1 Å². The second-order valence-corrected chi connectivity index (χ2v) is 5.53. The van der Waals surface area contributed by atoms with Gasteiger partial charge in [-0.3, -0.25) is 0 Å². The molecule has 0 spiro atoms. The lowest BCUT2D eigenvalue weighted by Crippen LogP contribution is -2.03. The first-order valence-corrected chi connectivity index (χ1v) is 7.59. The molecule has 0 bridgehead atoms. The van der Waals surface area contributed by atoms with Crippen LogP contribution in [0.5, 0.6) is 5.75 Å². The van der Waals surface area contributed by atoms with Crippen LogP contribution in [0.3, 0.4) is 0 Å². The van der Waals surface area contributed by atoms with Crippen molar-refractivity contribution in [2.24, 2.45) is 0 Å². The summed E-state index contributed by atoms with van der Waals surface area (Å²) in [6.07, 6.45) is 1.46. The maximum Gasteiger partial charge on any atom is 0.348 e. The minimum absolute atomic E-state index is 0.0878. The van der Waals surface area contributed by atoms with Crippen LogP contribution >= 0.6 is 15.9 Å². The second kappa shape index (κ2) is 8.16. The summed E-state index contributed by atoms with van der Waals surface area (Å²) in [5.41, 5.74) is 1.56. The van der Waals surface area contributed by atoms with Crippen molar-refractivity contribution in [3.8, 4) is 11.8 Å². The molecule has 2 rings (SSSR count). The standard InChI is InChI=1S/C18H14BrNO3/c1-22-18(21)15(11-20)9-14-10-16(19)7-8-17(14)23-12-13-5-3-2-4-6-13/h2-10H,12H2,1H3/b15-9+. The molecule has 5 heteroatoms. The molecule has 0 heterocycles. The highest BCUT2D eigenvalue weighted by molar-refractivity contribution is 9.10. The summed E-state index contributed by atoms with van der Waals surface area (Å²) in [6, 6.07) is 17.0. The van der Waals surface area contributed by atoms with E-state index in [4.69, 9.17) is 10.00 Å². The number of nitrogens with zero attached hydrogens (tertiary/aromatic N) is 1. The number of benzene rings is 2. The van der Waals surface area contributed by atoms with Crippen molar-refractivity contribution in [2.45, 2.75) is 6.61 Å². The van der Waals surface area contributed by atoms with Gasteiger partial charge in [0.15, 0.2) is 0 Å². The number of esters is 1. The summed E-state index contributed by atoms with van der Waals surface area (Å²) in [5.74, 6) is -0.102. The van der Waals surface area contributed by atoms with Gasteiger partial charge in [-0.15, -0.1) is 0 Å². The molecule has 0 atom stereocenters. The Morgan fingerprint density at radius 3 is 2.65 bits per heavy atom. The van der Waals surface area contributed by atoms with E-state index in [0.717, 1.165) is 10.0 Å². The smallest absolute Gasteiger partial charge is 0.348 e. The number of halogens is 1. The first-order chi connectivity index (χ1) is 11.1. The highest BCUT2D eigenvalue weighted by Crippen LogP contribution is 2.26. The fraction of sp³-hybridized carbons (Fsp3) is 0.111. The van der Waals surface area contributed by atoms with E-state index in [2.05, 4.69) is 20.7 Å². The lowest BCUT2D eigenvalue weighted by Gasteiger charge is -2.10. The largest absolute Gasteiger partial charge is 0.488 e. The zero-order chi connectivity index (χ0) is 16.7. The van der Waals surface area contributed by atoms with Crippen LogP contribution in [0.4, 0.5) is 0 Å². The van der Waals surface area contributed by atoms with E-state index >= 15 is 0 Å². The summed E-state index contributed by atoms with van der Waals surface area (Å²) in [6.45, 7) is 0.392. The Balaban J connectivity index is 2.29. The van der Waals surface area contributed by atoms with Crippen LogP contribution in [0.2, 0.25) is 0 Å². The molecule has 0 aliphatic carbocycles. The molecule has 2 aromatic carbocycles. The van der Waals surface area contributed by atoms with Crippen molar-refractivity contribution in [1.29, 1.82) is 5.26 Å². The fourth-order valence-corrected chi connectivity index (χ4v) is 2.28. The highest BCUT2D eigenvalue weighted by atomic mass is 79.9. The first kappa shape index (κ1) is 16.8. The van der Waals surface area contributed by atoms with E-state index in [0.29, 0.717) is 17.9 Å². The van der Waals surface area contributed by atoms with Crippen molar-refractivity contribution in [1.82, 2.24) is 0 Å². The molecule has 0 unspecified atom stereocenters. The predicted molar refractivity (Wildman–Crippen MR) is 90.5 cm³/mol. The zero-order valence-corrected chi connectivity index (χ0v) is 14.0. The van der Waals surface area contributed by atoms with Gasteiger partial charge in [0.1, 0.15) is 24.0 Å². The van der Waals surface area contributed by atoms with E-state index in [9.17, 15) is 4.79 Å². The minimum atomic E-state index is -0.679. The van der Waals surface area contributed by atoms with E-state index in [1.807, 2.05) is 42.5 Å². The van der Waals surface area contributed by atoms with Gasteiger partial charge in [-0.05, 0) is 29.8 Å². The molecule has 0 amide bonds. The van der Waals surface area contributed by atoms with Gasteiger partial charge in [-0.1, -0.05) is 46.3 Å². The van der Waals surface area contributed by atoms with Crippen molar-refractivity contribution < 1.29 is 14.3 Å². The minimum Gasteiger partial charge on any atom is -0.488 e. The number of nitriles is 1. The number of rotatable bonds is 5. The number of hydrogen-bond donors (Lipinski definition) is 0. The Kier molecular flexibility index (Phi) is 5.95. The van der Waals surface area contributed by atoms with Gasteiger partial charge >= 0.3 is 5.97 Å². The summed E-state index contributed by atoms with van der Waals surface area (Å²) >= 11 is 3.37. The van der Waals surface area contributed by atoms with Crippen LogP contribution in [0.25, 0.3) is 6.08 Å². The Morgan fingerprint density at radius 2 is 2.00 bits per heavy atom. The summed E-state index contributed by atoms with van der Waals surface area (Å²) in [5, 5.41) is 9.09. The molecular formula is C18H14BrNO3. The number of carbonyl (C=O) groups excluding carboxylic acids is 1. The van der Waals surface area contributed by atoms with Gasteiger partial charge in [0.05, 0.1) is 7.11 Å². The first-order valence-electron chi connectivity index (χ1n) is 6.80. The van der Waals surface area contributed by atoms with Crippen molar-refractivity contribution in [2.75, 3.05) is 7.11 Å². The van der Waals surface area contributed by atoms with Crippen LogP contribution in [-0.2, 0) is 16.1 Å². The van der Waals surface area contributed by atoms with Gasteiger partial charge < -0.3 is 9.47 Å². The molecular weight excluding hydrogens is 358 g/mol. The van der Waals surface area contributed by atoms with Gasteiger partial charge in [0.25, 0.3) is 0 Å². The summed E-state index contributed by atoms with van der Waals surface area (Å²) < 4.78 is 11.2. The molecule has 4 nitrogen and oxygen atoms in total. The van der Waals surface area contributed by atoms with E-state index in [1.165, 1.54) is 13.2 Å². The molecule has 0 saturated heterocycles. The number of carbonyl (C=O) groups is 1. The van der Waals surface area contributed by atoms with Gasteiger partial charge in [-0.25, -0.2) is 4.79 Å². The third-order valence-corrected chi connectivity index (χ3v) is 3.53. The lowest BCUT2D eigenvalue weighted by molar-refractivity contribution is -0.135. The van der Waals surface area contributed by atoms with Crippen LogP contribution < -0.4 is 4.74 Å². The number of ether oxygens (including phenoxy) is 2. The monoisotopic (exact) mass is 371 g/mol. The third-order valence-electron chi connectivity index (χ3n) is 3.03. The topological polar surface area (TPSA) is 59.3 Å². The highest BCUT2D eigenvalue weighted by Gasteiger charge is 2.11. The molecule has 23 heavy (non-hydrogen) atoms. The van der Waals surface area contributed by atoms with Crippen molar-refractivity contribution >= 4 is 28.0 Å². The van der Waals surface area contributed by atoms with Crippen molar-refractivity contribution in [3.05, 3.63) is 69.7 Å². The summed E-state index contributed by atoms with van der Waals surface area (Å²) in [4.78, 5) is 11.6. The Morgan fingerprint density at radius 1 is 1.26 bits per heavy atom. The van der Waals surface area contributed by atoms with Crippen molar-refractivity contribution in [3.63, 3.8) is 0 Å². The Hall–Kier alpha value is -2.58. The molecule has 0 aromatic heterocycles. The molecule has 0 saturated carbocycles. The van der Waals surface area contributed by atoms with E-state index in [-0.39, 0.29) is 5.57 Å². The Bertz CT molecular complexity index is 764. The number of hydrogen-bond acceptors (Lipinski definition) is 4. The Labute approximate surface area is 143 Å². The third kappa shape index (κ3) is 4.70. The van der Waals surface area contributed by atoms with Crippen LogP contribution in [-0.4, -0.2) is 13.1 Å². The normalized spacial score (nSPS) is 10.7. The van der Waals surface area contributed by atoms with Gasteiger partial charge in [-0.2, -0.15) is 5.26 Å². The second-order valence-electron chi connectivity index (χ2n) is 4.62. The quantitative estimate of drug-likeness (QED) is 0.450. The molecule has 116 valence electrons. The molecule has 0 aliphatic heterocycles. The number of methoxy groups -OCH3 is 1. The maximum absolute atomic E-state index is 11.6. The molecule has 0 aliphatic rings. The van der Waals surface area contributed by atoms with Crippen LogP contribution in [0.1, 0.15) is 11.1 Å². The average Bonchev–Trinajstić information content (AvgIpc) is 2.59. The fourth-order valence-electron chi connectivity index (χ4n) is 1.90. The van der Waals surface area contributed by atoms with Crippen LogP contribution in [0.15, 0.2) is 58.6 Å². The predicted octanol–water partition coefficient (Wildman–Crippen LogP) is 4.11. The van der Waals surface area contributed by atoms with Gasteiger partial charge in [0, 0.05) is 10.0 Å². The van der Waals surface area contributed by atoms with Crippen LogP contribution in [0, 0.1) is 11.3 Å². The zero-order valence-electron chi connectivity index (χ0n) is 12.5. The average molecular weight is 372 g/mol. The molecule has 0 N–H and O–H groups in total.